The third kappa shape index (κ3) is 5.17. The maximum atomic E-state index is 6.70. The maximum Gasteiger partial charge on any atom is 0.132 e. The first-order valence-corrected chi connectivity index (χ1v) is 24.6. The molecule has 0 saturated heterocycles. The summed E-state index contributed by atoms with van der Waals surface area (Å²) in [6.45, 7) is 0. The van der Waals surface area contributed by atoms with Gasteiger partial charge in [-0.25, -0.2) is 0 Å². The highest BCUT2D eigenvalue weighted by Crippen LogP contribution is 2.65. The van der Waals surface area contributed by atoms with Gasteiger partial charge in [0.25, 0.3) is 0 Å². The lowest BCUT2D eigenvalue weighted by molar-refractivity contribution is 0.436. The summed E-state index contributed by atoms with van der Waals surface area (Å²) in [6, 6.07) is 92.4. The Balaban J connectivity index is 1.02. The predicted molar refractivity (Wildman–Crippen MR) is 283 cm³/mol. The van der Waals surface area contributed by atoms with Crippen LogP contribution in [0.25, 0.3) is 44.2 Å². The Morgan fingerprint density at radius 2 is 0.768 bits per heavy atom. The minimum atomic E-state index is -0.559. The number of nitrogens with zero attached hydrogens (tertiary/aromatic N) is 1. The van der Waals surface area contributed by atoms with Crippen LogP contribution in [0, 0.1) is 0 Å². The van der Waals surface area contributed by atoms with Gasteiger partial charge < -0.3 is 9.64 Å². The standard InChI is InChI=1S/C66H41NOS/c1-2-18-42(19-3-1)45-37-39-60(50-23-5-4-20-46(45)50)67(43-35-38-54-51(40-43)48-22-7-9-25-53(48)65(54)55-26-10-14-30-61(55)68-62-31-15-11-27-56(62)65)44-34-36-49-47-21-6-8-24-52(47)66(59(49)41-44)57-28-12-16-32-63(57)69-64-33-17-13-29-58(64)66/h1-41H. The van der Waals surface area contributed by atoms with Gasteiger partial charge in [-0.3, -0.25) is 0 Å². The Bertz CT molecular complexity index is 3850. The summed E-state index contributed by atoms with van der Waals surface area (Å²) in [5, 5.41) is 2.40. The molecule has 0 atom stereocenters. The number of anilines is 3. The molecule has 0 amide bonds. The van der Waals surface area contributed by atoms with Gasteiger partial charge in [0.15, 0.2) is 0 Å². The van der Waals surface area contributed by atoms with Crippen molar-refractivity contribution in [2.24, 2.45) is 0 Å². The molecule has 0 bridgehead atoms. The average molecular weight is 896 g/mol. The molecule has 2 aliphatic heterocycles. The molecule has 0 unspecified atom stereocenters. The maximum absolute atomic E-state index is 6.70. The van der Waals surface area contributed by atoms with E-state index in [2.05, 4.69) is 254 Å². The second-order valence-electron chi connectivity index (χ2n) is 18.6. The van der Waals surface area contributed by atoms with Crippen molar-refractivity contribution in [2.75, 3.05) is 4.90 Å². The highest BCUT2D eigenvalue weighted by Gasteiger charge is 2.52. The second-order valence-corrected chi connectivity index (χ2v) is 19.7. The van der Waals surface area contributed by atoms with Crippen molar-refractivity contribution in [1.29, 1.82) is 0 Å². The average Bonchev–Trinajstić information content (AvgIpc) is 3.86. The van der Waals surface area contributed by atoms with E-state index >= 15 is 0 Å². The van der Waals surface area contributed by atoms with E-state index in [9.17, 15) is 0 Å². The number of hydrogen-bond donors (Lipinski definition) is 0. The highest BCUT2D eigenvalue weighted by molar-refractivity contribution is 7.99. The van der Waals surface area contributed by atoms with E-state index in [1.807, 2.05) is 11.8 Å². The number of hydrogen-bond acceptors (Lipinski definition) is 3. The molecule has 69 heavy (non-hydrogen) atoms. The van der Waals surface area contributed by atoms with Crippen LogP contribution in [0.5, 0.6) is 11.5 Å². The molecule has 0 saturated carbocycles. The molecule has 2 spiro atoms. The first-order valence-electron chi connectivity index (χ1n) is 23.8. The molecule has 322 valence electrons. The molecule has 4 aliphatic rings. The second kappa shape index (κ2) is 14.6. The van der Waals surface area contributed by atoms with Crippen LogP contribution in [0.4, 0.5) is 17.1 Å². The molecule has 2 aliphatic carbocycles. The van der Waals surface area contributed by atoms with Crippen LogP contribution in [0.3, 0.4) is 0 Å². The third-order valence-corrected chi connectivity index (χ3v) is 16.6. The fourth-order valence-corrected chi connectivity index (χ4v) is 13.9. The summed E-state index contributed by atoms with van der Waals surface area (Å²) in [5.74, 6) is 1.79. The normalized spacial score (nSPS) is 14.4. The summed E-state index contributed by atoms with van der Waals surface area (Å²) >= 11 is 1.89. The van der Waals surface area contributed by atoms with Crippen molar-refractivity contribution < 1.29 is 4.74 Å². The van der Waals surface area contributed by atoms with E-state index in [0.29, 0.717) is 0 Å². The fraction of sp³-hybridized carbons (Fsp3) is 0.0303. The smallest absolute Gasteiger partial charge is 0.132 e. The number of fused-ring (bicyclic) bond motifs is 19. The quantitative estimate of drug-likeness (QED) is 0.175. The summed E-state index contributed by atoms with van der Waals surface area (Å²) in [6.07, 6.45) is 0. The summed E-state index contributed by atoms with van der Waals surface area (Å²) < 4.78 is 6.70. The number of para-hydroxylation sites is 2. The first kappa shape index (κ1) is 38.7. The molecule has 11 aromatic rings. The van der Waals surface area contributed by atoms with E-state index in [-0.39, 0.29) is 0 Å². The zero-order chi connectivity index (χ0) is 45.3. The monoisotopic (exact) mass is 895 g/mol. The minimum Gasteiger partial charge on any atom is -0.457 e. The van der Waals surface area contributed by atoms with Crippen LogP contribution < -0.4 is 9.64 Å². The Morgan fingerprint density at radius 1 is 0.304 bits per heavy atom. The number of rotatable bonds is 4. The van der Waals surface area contributed by atoms with Gasteiger partial charge in [0.2, 0.25) is 0 Å². The van der Waals surface area contributed by atoms with E-state index in [0.717, 1.165) is 39.7 Å². The van der Waals surface area contributed by atoms with Gasteiger partial charge in [-0.15, -0.1) is 0 Å². The molecule has 2 heterocycles. The Morgan fingerprint density at radius 3 is 1.45 bits per heavy atom. The lowest BCUT2D eigenvalue weighted by Gasteiger charge is -2.40. The Kier molecular flexibility index (Phi) is 8.17. The molecule has 15 rings (SSSR count). The highest BCUT2D eigenvalue weighted by atomic mass is 32.2. The molecule has 0 N–H and O–H groups in total. The zero-order valence-electron chi connectivity index (χ0n) is 37.4. The van der Waals surface area contributed by atoms with E-state index < -0.39 is 10.8 Å². The Labute approximate surface area is 405 Å². The van der Waals surface area contributed by atoms with Crippen molar-refractivity contribution in [3.05, 3.63) is 293 Å². The predicted octanol–water partition coefficient (Wildman–Crippen LogP) is 17.3. The van der Waals surface area contributed by atoms with Gasteiger partial charge in [-0.05, 0) is 127 Å². The van der Waals surface area contributed by atoms with E-state index in [4.69, 9.17) is 4.74 Å². The van der Waals surface area contributed by atoms with Crippen LogP contribution in [0.2, 0.25) is 0 Å². The molecule has 11 aromatic carbocycles. The number of benzene rings is 11. The summed E-state index contributed by atoms with van der Waals surface area (Å²) in [7, 11) is 0. The van der Waals surface area contributed by atoms with E-state index in [1.54, 1.807) is 0 Å². The SMILES string of the molecule is c1ccc(-c2ccc(N(c3ccc4c(c3)-c3ccccc3C43c4ccccc4Oc4ccccc43)c3ccc4c(c3)C3(c5ccccc5Sc5ccccc53)c3ccccc3-4)c3ccccc23)cc1. The van der Waals surface area contributed by atoms with Gasteiger partial charge >= 0.3 is 0 Å². The van der Waals surface area contributed by atoms with Crippen LogP contribution in [0.15, 0.2) is 259 Å². The lowest BCUT2D eigenvalue weighted by Crippen LogP contribution is -2.32. The summed E-state index contributed by atoms with van der Waals surface area (Å²) in [5.41, 5.74) is 19.8. The number of ether oxygens (including phenoxy) is 1. The van der Waals surface area contributed by atoms with Crippen molar-refractivity contribution in [3.63, 3.8) is 0 Å². The van der Waals surface area contributed by atoms with Gasteiger partial charge in [0.1, 0.15) is 11.5 Å². The molecular formula is C66H41NOS. The largest absolute Gasteiger partial charge is 0.457 e. The topological polar surface area (TPSA) is 12.5 Å². The third-order valence-electron chi connectivity index (χ3n) is 15.4. The van der Waals surface area contributed by atoms with Gasteiger partial charge in [0, 0.05) is 37.7 Å². The van der Waals surface area contributed by atoms with Gasteiger partial charge in [-0.1, -0.05) is 206 Å². The first-order chi connectivity index (χ1) is 34.2. The molecule has 2 nitrogen and oxygen atoms in total. The molecule has 0 fully saturated rings. The van der Waals surface area contributed by atoms with Crippen LogP contribution in [0.1, 0.15) is 44.5 Å². The van der Waals surface area contributed by atoms with Crippen molar-refractivity contribution >= 4 is 39.6 Å². The van der Waals surface area contributed by atoms with Crippen molar-refractivity contribution in [3.8, 4) is 44.9 Å². The van der Waals surface area contributed by atoms with Crippen LogP contribution in [-0.4, -0.2) is 0 Å². The molecule has 3 heteroatoms. The summed E-state index contributed by atoms with van der Waals surface area (Å²) in [4.78, 5) is 5.13. The van der Waals surface area contributed by atoms with Gasteiger partial charge in [0.05, 0.1) is 16.5 Å². The fourth-order valence-electron chi connectivity index (χ4n) is 12.7. The van der Waals surface area contributed by atoms with Crippen molar-refractivity contribution in [2.45, 2.75) is 20.6 Å². The lowest BCUT2D eigenvalue weighted by atomic mass is 9.66. The minimum absolute atomic E-state index is 0.516. The van der Waals surface area contributed by atoms with Crippen LogP contribution >= 0.6 is 11.8 Å². The van der Waals surface area contributed by atoms with Gasteiger partial charge in [-0.2, -0.15) is 0 Å². The molecule has 0 aromatic heterocycles. The zero-order valence-corrected chi connectivity index (χ0v) is 38.3. The van der Waals surface area contributed by atoms with E-state index in [1.165, 1.54) is 87.3 Å². The Hall–Kier alpha value is -8.37. The molecular weight excluding hydrogens is 855 g/mol. The molecule has 0 radical (unpaired) electrons. The van der Waals surface area contributed by atoms with Crippen LogP contribution in [-0.2, 0) is 10.8 Å². The van der Waals surface area contributed by atoms with Crippen molar-refractivity contribution in [1.82, 2.24) is 0 Å².